The molecule has 118 valence electrons. The predicted molar refractivity (Wildman–Crippen MR) is 81.7 cm³/mol. The summed E-state index contributed by atoms with van der Waals surface area (Å²) in [6, 6.07) is 4.01. The van der Waals surface area contributed by atoms with E-state index in [0.717, 1.165) is 31.9 Å². The van der Waals surface area contributed by atoms with Crippen molar-refractivity contribution in [3.05, 3.63) is 29.6 Å². The van der Waals surface area contributed by atoms with Crippen LogP contribution in [-0.4, -0.2) is 37.9 Å². The summed E-state index contributed by atoms with van der Waals surface area (Å²) < 4.78 is 40.9. The molecule has 1 N–H and O–H groups in total. The van der Waals surface area contributed by atoms with Crippen LogP contribution in [0.2, 0.25) is 0 Å². The highest BCUT2D eigenvalue weighted by molar-refractivity contribution is 7.89. The van der Waals surface area contributed by atoms with Gasteiger partial charge >= 0.3 is 0 Å². The van der Waals surface area contributed by atoms with E-state index in [9.17, 15) is 12.8 Å². The summed E-state index contributed by atoms with van der Waals surface area (Å²) in [6.45, 7) is 3.24. The molecule has 0 spiro atoms. The maximum Gasteiger partial charge on any atom is 0.243 e. The average Bonchev–Trinajstić information content (AvgIpc) is 2.66. The largest absolute Gasteiger partial charge is 0.315 e. The molecule has 2 heterocycles. The molecule has 1 aromatic carbocycles. The van der Waals surface area contributed by atoms with Crippen molar-refractivity contribution < 1.29 is 12.8 Å². The zero-order valence-electron chi connectivity index (χ0n) is 11.9. The number of fused-ring (bicyclic) bond motifs is 2. The van der Waals surface area contributed by atoms with E-state index in [0.29, 0.717) is 12.1 Å². The van der Waals surface area contributed by atoms with Crippen molar-refractivity contribution in [3.8, 4) is 0 Å². The number of nitrogens with zero attached hydrogens (tertiary/aromatic N) is 1. The molecule has 0 aromatic heterocycles. The highest BCUT2D eigenvalue weighted by atomic mass is 35.5. The lowest BCUT2D eigenvalue weighted by Crippen LogP contribution is -2.42. The molecule has 2 saturated heterocycles. The Morgan fingerprint density at radius 3 is 2.71 bits per heavy atom. The lowest BCUT2D eigenvalue weighted by molar-refractivity contribution is 0.334. The first-order chi connectivity index (χ1) is 9.50. The minimum absolute atomic E-state index is 0. The molecule has 0 radical (unpaired) electrons. The van der Waals surface area contributed by atoms with Gasteiger partial charge in [0.15, 0.2) is 0 Å². The Kier molecular flexibility index (Phi) is 4.92. The molecule has 2 atom stereocenters. The molecule has 2 bridgehead atoms. The summed E-state index contributed by atoms with van der Waals surface area (Å²) >= 11 is 0. The van der Waals surface area contributed by atoms with Crippen LogP contribution in [0.4, 0.5) is 4.39 Å². The van der Waals surface area contributed by atoms with E-state index in [1.165, 1.54) is 12.1 Å². The van der Waals surface area contributed by atoms with Gasteiger partial charge in [0.05, 0.1) is 4.90 Å². The monoisotopic (exact) mass is 334 g/mol. The zero-order chi connectivity index (χ0) is 14.3. The van der Waals surface area contributed by atoms with Crippen LogP contribution in [0.25, 0.3) is 0 Å². The summed E-state index contributed by atoms with van der Waals surface area (Å²) in [6.07, 6.45) is 2.61. The van der Waals surface area contributed by atoms with E-state index in [4.69, 9.17) is 0 Å². The van der Waals surface area contributed by atoms with E-state index < -0.39 is 15.8 Å². The fraction of sp³-hybridized carbons (Fsp3) is 0.571. The maximum absolute atomic E-state index is 13.4. The third-order valence-corrected chi connectivity index (χ3v) is 6.44. The lowest BCUT2D eigenvalue weighted by atomic mass is 10.1. The first-order valence-electron chi connectivity index (χ1n) is 7.00. The molecule has 21 heavy (non-hydrogen) atoms. The molecular formula is C14H20ClFN2O2S. The van der Waals surface area contributed by atoms with Gasteiger partial charge in [-0.25, -0.2) is 12.8 Å². The number of aryl methyl sites for hydroxylation is 1. The van der Waals surface area contributed by atoms with Crippen molar-refractivity contribution in [2.75, 3.05) is 13.1 Å². The van der Waals surface area contributed by atoms with Crippen molar-refractivity contribution in [1.29, 1.82) is 0 Å². The fourth-order valence-corrected chi connectivity index (χ4v) is 5.44. The van der Waals surface area contributed by atoms with Gasteiger partial charge in [-0.15, -0.1) is 12.4 Å². The Balaban J connectivity index is 0.00000161. The van der Waals surface area contributed by atoms with Gasteiger partial charge in [-0.05, 0) is 50.4 Å². The van der Waals surface area contributed by atoms with Crippen LogP contribution >= 0.6 is 12.4 Å². The normalized spacial score (nSPS) is 26.2. The number of hydrogen-bond donors (Lipinski definition) is 1. The van der Waals surface area contributed by atoms with E-state index in [1.807, 2.05) is 0 Å². The van der Waals surface area contributed by atoms with Crippen molar-refractivity contribution in [2.45, 2.75) is 43.2 Å². The minimum atomic E-state index is -3.62. The molecule has 2 aliphatic heterocycles. The maximum atomic E-state index is 13.4. The smallest absolute Gasteiger partial charge is 0.243 e. The number of sulfonamides is 1. The molecule has 7 heteroatoms. The Morgan fingerprint density at radius 2 is 1.95 bits per heavy atom. The van der Waals surface area contributed by atoms with Gasteiger partial charge in [-0.3, -0.25) is 0 Å². The minimum Gasteiger partial charge on any atom is -0.315 e. The molecule has 4 nitrogen and oxygen atoms in total. The van der Waals surface area contributed by atoms with Crippen molar-refractivity contribution in [2.24, 2.45) is 0 Å². The summed E-state index contributed by atoms with van der Waals surface area (Å²) in [7, 11) is -3.62. The Bertz CT molecular complexity index is 609. The Labute approximate surface area is 131 Å². The van der Waals surface area contributed by atoms with Crippen LogP contribution in [-0.2, 0) is 10.0 Å². The molecule has 0 saturated carbocycles. The second kappa shape index (κ2) is 6.20. The second-order valence-corrected chi connectivity index (χ2v) is 7.43. The number of hydrogen-bond acceptors (Lipinski definition) is 3. The molecule has 0 aliphatic carbocycles. The lowest BCUT2D eigenvalue weighted by Gasteiger charge is -2.27. The molecule has 2 fully saturated rings. The SMILES string of the molecule is Cc1ccc(F)cc1S(=O)(=O)N1C2CCNCC1CC2.Cl. The van der Waals surface area contributed by atoms with Gasteiger partial charge in [0.1, 0.15) is 5.82 Å². The van der Waals surface area contributed by atoms with Gasteiger partial charge in [0.25, 0.3) is 0 Å². The van der Waals surface area contributed by atoms with Gasteiger partial charge in [-0.2, -0.15) is 4.31 Å². The van der Waals surface area contributed by atoms with Crippen LogP contribution in [0.5, 0.6) is 0 Å². The van der Waals surface area contributed by atoms with Crippen LogP contribution in [0.15, 0.2) is 23.1 Å². The summed E-state index contributed by atoms with van der Waals surface area (Å²) in [5, 5.41) is 3.28. The first-order valence-corrected chi connectivity index (χ1v) is 8.44. The molecule has 3 rings (SSSR count). The van der Waals surface area contributed by atoms with Crippen LogP contribution in [0.1, 0.15) is 24.8 Å². The van der Waals surface area contributed by atoms with E-state index >= 15 is 0 Å². The van der Waals surface area contributed by atoms with Crippen molar-refractivity contribution >= 4 is 22.4 Å². The fourth-order valence-electron chi connectivity index (χ4n) is 3.30. The summed E-state index contributed by atoms with van der Waals surface area (Å²) in [4.78, 5) is 0.108. The molecule has 0 amide bonds. The standard InChI is InChI=1S/C14H19FN2O2S.ClH/c1-10-2-3-11(15)8-14(10)20(18,19)17-12-4-5-13(17)9-16-7-6-12;/h2-3,8,12-13,16H,4-7,9H2,1H3;1H. The third-order valence-electron chi connectivity index (χ3n) is 4.29. The molecule has 2 unspecified atom stereocenters. The number of benzene rings is 1. The quantitative estimate of drug-likeness (QED) is 0.900. The molecule has 1 aromatic rings. The van der Waals surface area contributed by atoms with Crippen molar-refractivity contribution in [1.82, 2.24) is 9.62 Å². The van der Waals surface area contributed by atoms with Crippen LogP contribution in [0, 0.1) is 12.7 Å². The van der Waals surface area contributed by atoms with E-state index in [1.54, 1.807) is 11.2 Å². The predicted octanol–water partition coefficient (Wildman–Crippen LogP) is 2.07. The molecule has 2 aliphatic rings. The van der Waals surface area contributed by atoms with E-state index in [-0.39, 0.29) is 29.4 Å². The Hall–Kier alpha value is -0.690. The van der Waals surface area contributed by atoms with Crippen molar-refractivity contribution in [3.63, 3.8) is 0 Å². The highest BCUT2D eigenvalue weighted by Crippen LogP contribution is 2.34. The zero-order valence-corrected chi connectivity index (χ0v) is 13.5. The van der Waals surface area contributed by atoms with Gasteiger partial charge in [0.2, 0.25) is 10.0 Å². The van der Waals surface area contributed by atoms with E-state index in [2.05, 4.69) is 5.32 Å². The van der Waals surface area contributed by atoms with Crippen LogP contribution < -0.4 is 5.32 Å². The van der Waals surface area contributed by atoms with Crippen LogP contribution in [0.3, 0.4) is 0 Å². The highest BCUT2D eigenvalue weighted by Gasteiger charge is 2.43. The van der Waals surface area contributed by atoms with Gasteiger partial charge < -0.3 is 5.32 Å². The first kappa shape index (κ1) is 16.7. The Morgan fingerprint density at radius 1 is 1.24 bits per heavy atom. The summed E-state index contributed by atoms with van der Waals surface area (Å²) in [5.41, 5.74) is 0.600. The third kappa shape index (κ3) is 2.95. The topological polar surface area (TPSA) is 49.4 Å². The van der Waals surface area contributed by atoms with Gasteiger partial charge in [0, 0.05) is 18.6 Å². The van der Waals surface area contributed by atoms with Gasteiger partial charge in [-0.1, -0.05) is 6.07 Å². The molecular weight excluding hydrogens is 315 g/mol. The second-order valence-electron chi connectivity index (χ2n) is 5.62. The summed E-state index contributed by atoms with van der Waals surface area (Å²) in [5.74, 6) is -0.505. The number of rotatable bonds is 2. The average molecular weight is 335 g/mol. The number of nitrogens with one attached hydrogen (secondary N) is 1. The number of halogens is 2.